The third-order valence-corrected chi connectivity index (χ3v) is 6.29. The van der Waals surface area contributed by atoms with Gasteiger partial charge in [0.15, 0.2) is 0 Å². The maximum Gasteiger partial charge on any atom is 0.321 e. The highest BCUT2D eigenvalue weighted by atomic mass is 16.5. The Bertz CT molecular complexity index is 589. The molecule has 4 N–H and O–H groups in total. The third kappa shape index (κ3) is 16.5. The van der Waals surface area contributed by atoms with Gasteiger partial charge in [0.2, 0.25) is 0 Å². The van der Waals surface area contributed by atoms with Crippen LogP contribution in [0.1, 0.15) is 91.9 Å². The van der Waals surface area contributed by atoms with Crippen molar-refractivity contribution >= 4 is 23.9 Å². The number of unbranched alkanes of at least 4 members (excludes halogenated alkanes) is 2. The van der Waals surface area contributed by atoms with Crippen LogP contribution < -0.4 is 10.6 Å². The molecule has 2 unspecified atom stereocenters. The van der Waals surface area contributed by atoms with Crippen LogP contribution >= 0.6 is 0 Å². The maximum absolute atomic E-state index is 12.1. The number of ether oxygens (including phenoxy) is 2. The summed E-state index contributed by atoms with van der Waals surface area (Å²) in [6, 6.07) is -2.31. The van der Waals surface area contributed by atoms with Crippen molar-refractivity contribution in [2.75, 3.05) is 26.3 Å². The molecular formula is C26H48N2O8. The van der Waals surface area contributed by atoms with Crippen molar-refractivity contribution in [2.24, 2.45) is 11.8 Å². The van der Waals surface area contributed by atoms with Crippen LogP contribution in [0, 0.1) is 11.8 Å². The van der Waals surface area contributed by atoms with Crippen LogP contribution in [0.3, 0.4) is 0 Å². The first-order valence-corrected chi connectivity index (χ1v) is 13.4. The summed E-state index contributed by atoms with van der Waals surface area (Å²) >= 11 is 0. The van der Waals surface area contributed by atoms with Crippen molar-refractivity contribution in [3.63, 3.8) is 0 Å². The molecule has 4 atom stereocenters. The van der Waals surface area contributed by atoms with Gasteiger partial charge in [-0.1, -0.05) is 66.2 Å². The summed E-state index contributed by atoms with van der Waals surface area (Å²) in [4.78, 5) is 47.3. The van der Waals surface area contributed by atoms with E-state index in [0.29, 0.717) is 0 Å². The summed E-state index contributed by atoms with van der Waals surface area (Å²) in [5.41, 5.74) is 0. The molecule has 0 aromatic carbocycles. The minimum atomic E-state index is -1.20. The SMILES string of the molecule is CCCCC(CC)COC(=O)C[C@H](NCCN[C@@H](CC(=O)OCC(CC)CCCC)C(=O)O)C(=O)O. The number of esters is 2. The molecule has 0 spiro atoms. The molecule has 0 aromatic rings. The summed E-state index contributed by atoms with van der Waals surface area (Å²) in [7, 11) is 0. The van der Waals surface area contributed by atoms with Crippen LogP contribution in [-0.4, -0.2) is 72.5 Å². The van der Waals surface area contributed by atoms with E-state index in [1.807, 2.05) is 13.8 Å². The lowest BCUT2D eigenvalue weighted by atomic mass is 10.0. The lowest BCUT2D eigenvalue weighted by Gasteiger charge is -2.19. The molecule has 0 radical (unpaired) electrons. The molecule has 210 valence electrons. The number of aliphatic carboxylic acids is 2. The molecule has 0 heterocycles. The Morgan fingerprint density at radius 3 is 1.31 bits per heavy atom. The summed E-state index contributed by atoms with van der Waals surface area (Å²) in [6.07, 6.45) is 7.26. The van der Waals surface area contributed by atoms with Gasteiger partial charge in [-0.2, -0.15) is 0 Å². The van der Waals surface area contributed by atoms with Gasteiger partial charge >= 0.3 is 23.9 Å². The van der Waals surface area contributed by atoms with E-state index in [1.54, 1.807) is 0 Å². The smallest absolute Gasteiger partial charge is 0.321 e. The molecule has 0 rings (SSSR count). The monoisotopic (exact) mass is 516 g/mol. The molecule has 0 aromatic heterocycles. The summed E-state index contributed by atoms with van der Waals surface area (Å²) in [6.45, 7) is 8.98. The largest absolute Gasteiger partial charge is 0.480 e. The summed E-state index contributed by atoms with van der Waals surface area (Å²) in [5, 5.41) is 24.3. The van der Waals surface area contributed by atoms with Crippen LogP contribution in [0.15, 0.2) is 0 Å². The van der Waals surface area contributed by atoms with Crippen LogP contribution in [-0.2, 0) is 28.7 Å². The van der Waals surface area contributed by atoms with Crippen molar-refractivity contribution in [1.82, 2.24) is 10.6 Å². The molecule has 0 aliphatic heterocycles. The highest BCUT2D eigenvalue weighted by molar-refractivity contribution is 5.82. The lowest BCUT2D eigenvalue weighted by Crippen LogP contribution is -2.46. The van der Waals surface area contributed by atoms with E-state index >= 15 is 0 Å². The summed E-state index contributed by atoms with van der Waals surface area (Å²) < 4.78 is 10.5. The van der Waals surface area contributed by atoms with Crippen LogP contribution in [0.25, 0.3) is 0 Å². The van der Waals surface area contributed by atoms with Crippen LogP contribution in [0.5, 0.6) is 0 Å². The van der Waals surface area contributed by atoms with Gasteiger partial charge in [0.05, 0.1) is 26.1 Å². The average molecular weight is 517 g/mol. The molecule has 36 heavy (non-hydrogen) atoms. The first kappa shape index (κ1) is 33.8. The van der Waals surface area contributed by atoms with Gasteiger partial charge in [-0.25, -0.2) is 0 Å². The minimum absolute atomic E-state index is 0.0894. The predicted octanol–water partition coefficient (Wildman–Crippen LogP) is 3.37. The van der Waals surface area contributed by atoms with E-state index < -0.39 is 36.0 Å². The zero-order valence-electron chi connectivity index (χ0n) is 22.6. The zero-order valence-corrected chi connectivity index (χ0v) is 22.6. The van der Waals surface area contributed by atoms with Gasteiger partial charge in [-0.15, -0.1) is 0 Å². The fourth-order valence-electron chi connectivity index (χ4n) is 3.66. The first-order valence-electron chi connectivity index (χ1n) is 13.4. The van der Waals surface area contributed by atoms with Crippen LogP contribution in [0.2, 0.25) is 0 Å². The maximum atomic E-state index is 12.1. The molecule has 0 fully saturated rings. The van der Waals surface area contributed by atoms with E-state index in [9.17, 15) is 29.4 Å². The van der Waals surface area contributed by atoms with Crippen molar-refractivity contribution < 1.29 is 38.9 Å². The molecular weight excluding hydrogens is 468 g/mol. The highest BCUT2D eigenvalue weighted by Gasteiger charge is 2.24. The van der Waals surface area contributed by atoms with E-state index in [0.717, 1.165) is 51.4 Å². The van der Waals surface area contributed by atoms with Crippen molar-refractivity contribution in [3.05, 3.63) is 0 Å². The number of hydrogen-bond donors (Lipinski definition) is 4. The van der Waals surface area contributed by atoms with Crippen molar-refractivity contribution in [2.45, 2.75) is 104 Å². The Kier molecular flexibility index (Phi) is 19.7. The van der Waals surface area contributed by atoms with Gasteiger partial charge in [0.25, 0.3) is 0 Å². The van der Waals surface area contributed by atoms with Gasteiger partial charge in [0.1, 0.15) is 12.1 Å². The van der Waals surface area contributed by atoms with E-state index in [1.165, 1.54) is 0 Å². The number of carbonyl (C=O) groups excluding carboxylic acids is 2. The van der Waals surface area contributed by atoms with E-state index in [2.05, 4.69) is 24.5 Å². The number of nitrogens with one attached hydrogen (secondary N) is 2. The molecule has 0 saturated heterocycles. The summed E-state index contributed by atoms with van der Waals surface area (Å²) in [5.74, 6) is -3.05. The quantitative estimate of drug-likeness (QED) is 0.117. The Hall–Kier alpha value is -2.20. The fourth-order valence-corrected chi connectivity index (χ4v) is 3.66. The normalized spacial score (nSPS) is 14.4. The molecule has 0 amide bonds. The Morgan fingerprint density at radius 2 is 1.03 bits per heavy atom. The molecule has 0 aliphatic rings. The molecule has 10 nitrogen and oxygen atoms in total. The molecule has 10 heteroatoms. The Labute approximate surface area is 215 Å². The number of carboxylic acid groups (broad SMARTS) is 2. The number of carboxylic acids is 2. The topological polar surface area (TPSA) is 151 Å². The number of rotatable bonds is 23. The van der Waals surface area contributed by atoms with E-state index in [-0.39, 0.29) is 51.0 Å². The zero-order chi connectivity index (χ0) is 27.3. The van der Waals surface area contributed by atoms with Crippen molar-refractivity contribution in [1.29, 1.82) is 0 Å². The Morgan fingerprint density at radius 1 is 0.667 bits per heavy atom. The van der Waals surface area contributed by atoms with Crippen molar-refractivity contribution in [3.8, 4) is 0 Å². The highest BCUT2D eigenvalue weighted by Crippen LogP contribution is 2.14. The second-order valence-corrected chi connectivity index (χ2v) is 9.30. The van der Waals surface area contributed by atoms with Gasteiger partial charge in [-0.05, 0) is 24.7 Å². The third-order valence-electron chi connectivity index (χ3n) is 6.29. The standard InChI is InChI=1S/C26H48N2O8/c1-5-9-11-19(7-3)17-35-23(29)15-21(25(31)32)27-13-14-28-22(26(33)34)16-24(30)36-18-20(8-4)12-10-6-2/h19-22,27-28H,5-18H2,1-4H3,(H,31,32)(H,33,34)/t19?,20?,21-,22-/m0/s1. The molecule has 0 aliphatic carbocycles. The van der Waals surface area contributed by atoms with Gasteiger partial charge < -0.3 is 30.3 Å². The van der Waals surface area contributed by atoms with Crippen LogP contribution in [0.4, 0.5) is 0 Å². The molecule has 0 saturated carbocycles. The number of hydrogen-bond acceptors (Lipinski definition) is 8. The lowest BCUT2D eigenvalue weighted by molar-refractivity contribution is -0.151. The second kappa shape index (κ2) is 20.9. The second-order valence-electron chi connectivity index (χ2n) is 9.30. The number of carbonyl (C=O) groups is 4. The Balaban J connectivity index is 4.48. The first-order chi connectivity index (χ1) is 17.2. The van der Waals surface area contributed by atoms with Gasteiger partial charge in [-0.3, -0.25) is 19.2 Å². The molecule has 0 bridgehead atoms. The predicted molar refractivity (Wildman–Crippen MR) is 137 cm³/mol. The van der Waals surface area contributed by atoms with Gasteiger partial charge in [0, 0.05) is 13.1 Å². The average Bonchev–Trinajstić information content (AvgIpc) is 2.84. The minimum Gasteiger partial charge on any atom is -0.480 e. The van der Waals surface area contributed by atoms with E-state index in [4.69, 9.17) is 9.47 Å². The fraction of sp³-hybridized carbons (Fsp3) is 0.846.